The summed E-state index contributed by atoms with van der Waals surface area (Å²) in [7, 11) is 0. The summed E-state index contributed by atoms with van der Waals surface area (Å²) >= 11 is 0. The fraction of sp³-hybridized carbons (Fsp3) is 0. The van der Waals surface area contributed by atoms with Crippen LogP contribution in [0.1, 0.15) is 20.7 Å². The van der Waals surface area contributed by atoms with E-state index in [9.17, 15) is 18.4 Å². The molecule has 0 aliphatic carbocycles. The molecule has 0 radical (unpaired) electrons. The summed E-state index contributed by atoms with van der Waals surface area (Å²) in [6.45, 7) is 0. The highest BCUT2D eigenvalue weighted by Crippen LogP contribution is 2.11. The fourth-order valence-corrected chi connectivity index (χ4v) is 1.52. The lowest BCUT2D eigenvalue weighted by molar-refractivity contribution is 0.103. The fourth-order valence-electron chi connectivity index (χ4n) is 1.52. The van der Waals surface area contributed by atoms with Gasteiger partial charge in [-0.05, 0) is 24.0 Å². The maximum Gasteiger partial charge on any atom is 0.239 e. The third kappa shape index (κ3) is 2.96. The number of rotatable bonds is 2. The molecular formula is C16H8F2O2. The molecule has 0 heterocycles. The monoisotopic (exact) mass is 270 g/mol. The number of Topliss-reactive ketones (excluding diaryl/α,β-unsaturated/α-hetero) is 2. The molecule has 2 rings (SSSR count). The summed E-state index contributed by atoms with van der Waals surface area (Å²) in [5.74, 6) is 0.241. The van der Waals surface area contributed by atoms with Crippen molar-refractivity contribution in [3.8, 4) is 11.8 Å². The van der Waals surface area contributed by atoms with E-state index in [1.807, 2.05) is 5.92 Å². The molecule has 0 aliphatic heterocycles. The zero-order chi connectivity index (χ0) is 14.5. The van der Waals surface area contributed by atoms with Gasteiger partial charge < -0.3 is 0 Å². The molecule has 0 spiro atoms. The Morgan fingerprint density at radius 2 is 1.45 bits per heavy atom. The van der Waals surface area contributed by atoms with Gasteiger partial charge in [0.2, 0.25) is 11.6 Å². The number of ketones is 2. The zero-order valence-corrected chi connectivity index (χ0v) is 10.2. The minimum absolute atomic E-state index is 0.326. The molecule has 0 unspecified atom stereocenters. The van der Waals surface area contributed by atoms with Crippen LogP contribution in [-0.2, 0) is 0 Å². The molecule has 0 atom stereocenters. The van der Waals surface area contributed by atoms with E-state index in [-0.39, 0.29) is 0 Å². The summed E-state index contributed by atoms with van der Waals surface area (Å²) in [4.78, 5) is 23.3. The van der Waals surface area contributed by atoms with Crippen LogP contribution in [0.3, 0.4) is 0 Å². The van der Waals surface area contributed by atoms with Crippen LogP contribution in [0.5, 0.6) is 0 Å². The summed E-state index contributed by atoms with van der Waals surface area (Å²) in [6, 6.07) is 11.3. The average molecular weight is 270 g/mol. The van der Waals surface area contributed by atoms with Crippen LogP contribution < -0.4 is 0 Å². The molecule has 0 fully saturated rings. The van der Waals surface area contributed by atoms with Gasteiger partial charge in [-0.1, -0.05) is 36.4 Å². The third-order valence-electron chi connectivity index (χ3n) is 2.52. The van der Waals surface area contributed by atoms with E-state index in [1.165, 1.54) is 6.07 Å². The first-order chi connectivity index (χ1) is 9.59. The van der Waals surface area contributed by atoms with Crippen LogP contribution in [0.4, 0.5) is 8.78 Å². The van der Waals surface area contributed by atoms with Crippen molar-refractivity contribution in [3.63, 3.8) is 0 Å². The first-order valence-corrected chi connectivity index (χ1v) is 5.69. The van der Waals surface area contributed by atoms with Crippen LogP contribution in [0, 0.1) is 23.5 Å². The number of benzene rings is 2. The largest absolute Gasteiger partial charge is 0.279 e. The second-order valence-electron chi connectivity index (χ2n) is 3.88. The highest BCUT2D eigenvalue weighted by molar-refractivity contribution is 6.16. The molecule has 0 amide bonds. The Balaban J connectivity index is 2.23. The number of hydrogen-bond donors (Lipinski definition) is 0. The third-order valence-corrected chi connectivity index (χ3v) is 2.52. The van der Waals surface area contributed by atoms with Gasteiger partial charge in [-0.3, -0.25) is 9.59 Å². The number of carbonyl (C=O) groups excluding carboxylic acids is 2. The van der Waals surface area contributed by atoms with Crippen molar-refractivity contribution in [3.05, 3.63) is 71.3 Å². The standard InChI is InChI=1S/C16H8F2O2/c17-13-8-4-7-12(16(13)18)15(20)10-9-14(19)11-5-2-1-3-6-11/h1-8H. The second kappa shape index (κ2) is 5.89. The first kappa shape index (κ1) is 13.6. The van der Waals surface area contributed by atoms with Crippen LogP contribution in [-0.4, -0.2) is 11.6 Å². The van der Waals surface area contributed by atoms with E-state index in [2.05, 4.69) is 5.92 Å². The molecule has 0 saturated carbocycles. The minimum atomic E-state index is -1.26. The zero-order valence-electron chi connectivity index (χ0n) is 10.2. The van der Waals surface area contributed by atoms with E-state index >= 15 is 0 Å². The Hall–Kier alpha value is -2.80. The lowest BCUT2D eigenvalue weighted by Gasteiger charge is -1.97. The number of carbonyl (C=O) groups is 2. The van der Waals surface area contributed by atoms with E-state index in [1.54, 1.807) is 30.3 Å². The normalized spacial score (nSPS) is 9.50. The van der Waals surface area contributed by atoms with Crippen LogP contribution in [0.2, 0.25) is 0 Å². The highest BCUT2D eigenvalue weighted by atomic mass is 19.2. The first-order valence-electron chi connectivity index (χ1n) is 5.69. The van der Waals surface area contributed by atoms with E-state index in [4.69, 9.17) is 0 Å². The Morgan fingerprint density at radius 1 is 0.800 bits per heavy atom. The summed E-state index contributed by atoms with van der Waals surface area (Å²) in [6.07, 6.45) is 0. The number of halogens is 2. The van der Waals surface area contributed by atoms with Crippen LogP contribution >= 0.6 is 0 Å². The van der Waals surface area contributed by atoms with Gasteiger partial charge in [0.05, 0.1) is 5.56 Å². The lowest BCUT2D eigenvalue weighted by Crippen LogP contribution is -2.03. The van der Waals surface area contributed by atoms with Crippen molar-refractivity contribution in [1.82, 2.24) is 0 Å². The van der Waals surface area contributed by atoms with Gasteiger partial charge in [-0.15, -0.1) is 0 Å². The minimum Gasteiger partial charge on any atom is -0.279 e. The van der Waals surface area contributed by atoms with Gasteiger partial charge in [0, 0.05) is 5.56 Å². The van der Waals surface area contributed by atoms with Crippen molar-refractivity contribution in [2.75, 3.05) is 0 Å². The summed E-state index contributed by atoms with van der Waals surface area (Å²) in [5, 5.41) is 0. The molecule has 0 N–H and O–H groups in total. The Kier molecular flexibility index (Phi) is 4.02. The molecule has 0 aromatic heterocycles. The molecular weight excluding hydrogens is 262 g/mol. The maximum atomic E-state index is 13.4. The van der Waals surface area contributed by atoms with Crippen molar-refractivity contribution in [2.24, 2.45) is 0 Å². The van der Waals surface area contributed by atoms with Gasteiger partial charge in [0.15, 0.2) is 11.6 Å². The Bertz CT molecular complexity index is 725. The van der Waals surface area contributed by atoms with Gasteiger partial charge in [-0.2, -0.15) is 0 Å². The average Bonchev–Trinajstić information content (AvgIpc) is 2.48. The van der Waals surface area contributed by atoms with Crippen molar-refractivity contribution < 1.29 is 18.4 Å². The van der Waals surface area contributed by atoms with Crippen molar-refractivity contribution in [2.45, 2.75) is 0 Å². The SMILES string of the molecule is O=C(C#CC(=O)c1cccc(F)c1F)c1ccccc1. The van der Waals surface area contributed by atoms with Crippen LogP contribution in [0.15, 0.2) is 48.5 Å². The van der Waals surface area contributed by atoms with E-state index < -0.39 is 28.8 Å². The maximum absolute atomic E-state index is 13.4. The molecule has 2 aromatic carbocycles. The number of hydrogen-bond acceptors (Lipinski definition) is 2. The van der Waals surface area contributed by atoms with Gasteiger partial charge in [0.25, 0.3) is 0 Å². The van der Waals surface area contributed by atoms with Gasteiger partial charge in [0.1, 0.15) is 0 Å². The summed E-state index contributed by atoms with van der Waals surface area (Å²) in [5.41, 5.74) is -0.161. The van der Waals surface area contributed by atoms with Gasteiger partial charge in [-0.25, -0.2) is 8.78 Å². The highest BCUT2D eigenvalue weighted by Gasteiger charge is 2.13. The molecule has 0 aliphatic rings. The van der Waals surface area contributed by atoms with Crippen LogP contribution in [0.25, 0.3) is 0 Å². The second-order valence-corrected chi connectivity index (χ2v) is 3.88. The molecule has 20 heavy (non-hydrogen) atoms. The van der Waals surface area contributed by atoms with Crippen molar-refractivity contribution in [1.29, 1.82) is 0 Å². The summed E-state index contributed by atoms with van der Waals surface area (Å²) < 4.78 is 26.3. The molecule has 2 nitrogen and oxygen atoms in total. The molecule has 0 bridgehead atoms. The van der Waals surface area contributed by atoms with E-state index in [0.717, 1.165) is 12.1 Å². The quantitative estimate of drug-likeness (QED) is 0.477. The smallest absolute Gasteiger partial charge is 0.239 e. The topological polar surface area (TPSA) is 34.1 Å². The molecule has 98 valence electrons. The van der Waals surface area contributed by atoms with Gasteiger partial charge >= 0.3 is 0 Å². The Labute approximate surface area is 114 Å². The predicted molar refractivity (Wildman–Crippen MR) is 69.2 cm³/mol. The lowest BCUT2D eigenvalue weighted by atomic mass is 10.1. The van der Waals surface area contributed by atoms with Crippen molar-refractivity contribution >= 4 is 11.6 Å². The van der Waals surface area contributed by atoms with E-state index in [0.29, 0.717) is 5.56 Å². The molecule has 0 saturated heterocycles. The Morgan fingerprint density at radius 3 is 2.15 bits per heavy atom. The molecule has 2 aromatic rings. The predicted octanol–water partition coefficient (Wildman–Crippen LogP) is 3.03. The molecule has 4 heteroatoms.